The van der Waals surface area contributed by atoms with Crippen LogP contribution in [0, 0.1) is 6.92 Å². The van der Waals surface area contributed by atoms with Gasteiger partial charge in [0.15, 0.2) is 11.0 Å². The van der Waals surface area contributed by atoms with Crippen LogP contribution < -0.4 is 4.57 Å². The molecule has 2 aliphatic carbocycles. The molecule has 2 saturated carbocycles. The first-order valence-corrected chi connectivity index (χ1v) is 12.9. The van der Waals surface area contributed by atoms with Crippen LogP contribution in [0.3, 0.4) is 0 Å². The molecule has 0 atom stereocenters. The highest BCUT2D eigenvalue weighted by Crippen LogP contribution is 2.41. The summed E-state index contributed by atoms with van der Waals surface area (Å²) in [5.74, 6) is 1.29. The van der Waals surface area contributed by atoms with Crippen molar-refractivity contribution < 1.29 is 4.57 Å². The van der Waals surface area contributed by atoms with Crippen LogP contribution in [0.4, 0.5) is 0 Å². The van der Waals surface area contributed by atoms with E-state index in [1.165, 1.54) is 107 Å². The molecule has 0 N–H and O–H groups in total. The van der Waals surface area contributed by atoms with Gasteiger partial charge >= 0.3 is 0 Å². The van der Waals surface area contributed by atoms with Crippen molar-refractivity contribution in [1.82, 2.24) is 9.38 Å². The van der Waals surface area contributed by atoms with E-state index in [0.29, 0.717) is 11.8 Å². The molecule has 3 nitrogen and oxygen atoms in total. The van der Waals surface area contributed by atoms with Crippen LogP contribution in [-0.2, 0) is 7.05 Å². The van der Waals surface area contributed by atoms with Gasteiger partial charge in [0.2, 0.25) is 0 Å². The first-order valence-electron chi connectivity index (χ1n) is 12.9. The van der Waals surface area contributed by atoms with Gasteiger partial charge in [-0.2, -0.15) is 4.40 Å². The van der Waals surface area contributed by atoms with Crippen LogP contribution in [0.2, 0.25) is 0 Å². The highest BCUT2D eigenvalue weighted by molar-refractivity contribution is 6.12. The van der Waals surface area contributed by atoms with Crippen molar-refractivity contribution in [2.75, 3.05) is 0 Å². The molecule has 5 aromatic rings. The van der Waals surface area contributed by atoms with E-state index in [1.54, 1.807) is 0 Å². The molecule has 0 bridgehead atoms. The lowest BCUT2D eigenvalue weighted by molar-refractivity contribution is -0.617. The fourth-order valence-corrected chi connectivity index (χ4v) is 6.99. The Bertz CT molecular complexity index is 1550. The van der Waals surface area contributed by atoms with E-state index >= 15 is 0 Å². The Morgan fingerprint density at radius 2 is 1.61 bits per heavy atom. The Balaban J connectivity index is 1.68. The van der Waals surface area contributed by atoms with E-state index in [-0.39, 0.29) is 0 Å². The zero-order valence-electron chi connectivity index (χ0n) is 19.8. The predicted octanol–water partition coefficient (Wildman–Crippen LogP) is 7.24. The third-order valence-electron chi connectivity index (χ3n) is 8.59. The molecule has 33 heavy (non-hydrogen) atoms. The highest BCUT2D eigenvalue weighted by Gasteiger charge is 2.30. The van der Waals surface area contributed by atoms with Crippen molar-refractivity contribution in [2.24, 2.45) is 7.05 Å². The lowest BCUT2D eigenvalue weighted by Gasteiger charge is -2.13. The number of aromatic nitrogens is 3. The summed E-state index contributed by atoms with van der Waals surface area (Å²) in [7, 11) is 2.24. The quantitative estimate of drug-likeness (QED) is 0.212. The van der Waals surface area contributed by atoms with E-state index in [1.807, 2.05) is 0 Å². The molecule has 0 spiro atoms. The van der Waals surface area contributed by atoms with Crippen molar-refractivity contribution in [1.29, 1.82) is 0 Å². The summed E-state index contributed by atoms with van der Waals surface area (Å²) >= 11 is 0. The van der Waals surface area contributed by atoms with Gasteiger partial charge < -0.3 is 0 Å². The smallest absolute Gasteiger partial charge is 0.251 e. The van der Waals surface area contributed by atoms with Crippen LogP contribution >= 0.6 is 0 Å². The zero-order chi connectivity index (χ0) is 22.1. The molecule has 0 aliphatic heterocycles. The third kappa shape index (κ3) is 2.74. The number of hydrogen-bond donors (Lipinski definition) is 0. The lowest BCUT2D eigenvalue weighted by atomic mass is 9.96. The Morgan fingerprint density at radius 1 is 0.879 bits per heavy atom. The number of pyridine rings is 2. The van der Waals surface area contributed by atoms with Gasteiger partial charge in [0.25, 0.3) is 5.65 Å². The molecule has 0 unspecified atom stereocenters. The molecule has 0 saturated heterocycles. The van der Waals surface area contributed by atoms with Crippen LogP contribution in [0.15, 0.2) is 48.5 Å². The van der Waals surface area contributed by atoms with Crippen molar-refractivity contribution in [3.8, 4) is 0 Å². The second kappa shape index (κ2) is 7.28. The summed E-state index contributed by atoms with van der Waals surface area (Å²) in [5.41, 5.74) is 10.7. The van der Waals surface area contributed by atoms with Crippen molar-refractivity contribution >= 4 is 38.5 Å². The molecule has 0 amide bonds. The monoisotopic (exact) mass is 434 g/mol. The Hall–Kier alpha value is -2.94. The minimum absolute atomic E-state index is 0.622. The Morgan fingerprint density at radius 3 is 2.39 bits per heavy atom. The summed E-state index contributed by atoms with van der Waals surface area (Å²) in [4.78, 5) is 5.38. The fraction of sp³-hybridized carbons (Fsp3) is 0.400. The number of hydrogen-bond acceptors (Lipinski definition) is 1. The molecule has 2 aliphatic rings. The standard InChI is InChI=1S/C30H32N3/c1-19-18-24(21-12-5-6-13-21)31-28-23-14-7-8-16-25(23)33-29-22(20-10-3-4-11-20)15-9-17-26(29)32(2)30(33)27(19)28/h7-9,14-18,20-21H,3-6,10-13H2,1-2H3/q+1. The maximum absolute atomic E-state index is 5.38. The number of imidazole rings is 1. The molecule has 7 rings (SSSR count). The molecule has 2 aromatic carbocycles. The van der Waals surface area contributed by atoms with Gasteiger partial charge in [-0.1, -0.05) is 49.9 Å². The highest BCUT2D eigenvalue weighted by atomic mass is 15.1. The number of rotatable bonds is 2. The predicted molar refractivity (Wildman–Crippen MR) is 136 cm³/mol. The minimum Gasteiger partial charge on any atom is -0.251 e. The maximum atomic E-state index is 5.38. The van der Waals surface area contributed by atoms with Crippen LogP contribution in [0.25, 0.3) is 38.5 Å². The van der Waals surface area contributed by atoms with Crippen LogP contribution in [0.5, 0.6) is 0 Å². The average molecular weight is 435 g/mol. The number of para-hydroxylation sites is 2. The first kappa shape index (κ1) is 19.5. The van der Waals surface area contributed by atoms with E-state index in [4.69, 9.17) is 4.98 Å². The number of benzene rings is 2. The van der Waals surface area contributed by atoms with Gasteiger partial charge in [0.1, 0.15) is 5.52 Å². The molecule has 0 radical (unpaired) electrons. The first-order chi connectivity index (χ1) is 16.2. The van der Waals surface area contributed by atoms with E-state index in [9.17, 15) is 0 Å². The summed E-state index contributed by atoms with van der Waals surface area (Å²) in [5, 5.41) is 2.59. The van der Waals surface area contributed by atoms with Gasteiger partial charge in [-0.25, -0.2) is 4.57 Å². The van der Waals surface area contributed by atoms with E-state index in [0.717, 1.165) is 0 Å². The third-order valence-corrected chi connectivity index (χ3v) is 8.59. The van der Waals surface area contributed by atoms with Crippen LogP contribution in [0.1, 0.15) is 80.0 Å². The topological polar surface area (TPSA) is 21.2 Å². The number of aryl methyl sites for hydroxylation is 2. The summed E-state index contributed by atoms with van der Waals surface area (Å²) in [6, 6.07) is 18.3. The second-order valence-corrected chi connectivity index (χ2v) is 10.5. The van der Waals surface area contributed by atoms with Crippen molar-refractivity contribution in [3.63, 3.8) is 0 Å². The van der Waals surface area contributed by atoms with Crippen molar-refractivity contribution in [2.45, 2.75) is 70.1 Å². The van der Waals surface area contributed by atoms with Gasteiger partial charge in [-0.15, -0.1) is 0 Å². The summed E-state index contributed by atoms with van der Waals surface area (Å²) in [6.07, 6.45) is 10.6. The SMILES string of the molecule is Cc1cc(C2CCCC2)nc2c3ccccc3n3c4c(C5CCCC5)cccc4[n+](C)c3c12. The van der Waals surface area contributed by atoms with Gasteiger partial charge in [-0.05, 0) is 68.4 Å². The number of nitrogens with zero attached hydrogens (tertiary/aromatic N) is 3. The molecule has 166 valence electrons. The minimum atomic E-state index is 0.622. The van der Waals surface area contributed by atoms with Gasteiger partial charge in [0, 0.05) is 22.6 Å². The normalized spacial score (nSPS) is 18.0. The molecule has 3 heteroatoms. The van der Waals surface area contributed by atoms with Crippen LogP contribution in [-0.4, -0.2) is 9.38 Å². The molecular formula is C30H32N3+. The molecular weight excluding hydrogens is 402 g/mol. The molecule has 3 heterocycles. The average Bonchev–Trinajstić information content (AvgIpc) is 3.61. The van der Waals surface area contributed by atoms with E-state index in [2.05, 4.69) is 71.5 Å². The Kier molecular flexibility index (Phi) is 4.31. The number of fused-ring (bicyclic) bond motifs is 8. The summed E-state index contributed by atoms with van der Waals surface area (Å²) in [6.45, 7) is 2.30. The largest absolute Gasteiger partial charge is 0.297 e. The second-order valence-electron chi connectivity index (χ2n) is 10.5. The Labute approximate surface area is 195 Å². The van der Waals surface area contributed by atoms with Crippen molar-refractivity contribution in [3.05, 3.63) is 65.4 Å². The maximum Gasteiger partial charge on any atom is 0.297 e. The summed E-state index contributed by atoms with van der Waals surface area (Å²) < 4.78 is 4.98. The van der Waals surface area contributed by atoms with Gasteiger partial charge in [0.05, 0.1) is 18.0 Å². The molecule has 2 fully saturated rings. The zero-order valence-corrected chi connectivity index (χ0v) is 19.8. The lowest BCUT2D eigenvalue weighted by Crippen LogP contribution is -2.27. The van der Waals surface area contributed by atoms with Gasteiger partial charge in [-0.3, -0.25) is 4.98 Å². The molecule has 3 aromatic heterocycles. The van der Waals surface area contributed by atoms with E-state index < -0.39 is 0 Å². The fourth-order valence-electron chi connectivity index (χ4n) is 6.99.